The van der Waals surface area contributed by atoms with Crippen molar-refractivity contribution >= 4 is 6.03 Å². The van der Waals surface area contributed by atoms with E-state index in [1.54, 1.807) is 4.90 Å². The summed E-state index contributed by atoms with van der Waals surface area (Å²) in [6.07, 6.45) is 0.215. The summed E-state index contributed by atoms with van der Waals surface area (Å²) >= 11 is 0. The summed E-state index contributed by atoms with van der Waals surface area (Å²) in [5, 5.41) is 0. The predicted octanol–water partition coefficient (Wildman–Crippen LogP) is 0.795. The van der Waals surface area contributed by atoms with Crippen LogP contribution in [0.2, 0.25) is 0 Å². The second-order valence-electron chi connectivity index (χ2n) is 4.22. The third-order valence-corrected chi connectivity index (χ3v) is 2.49. The van der Waals surface area contributed by atoms with E-state index < -0.39 is 0 Å². The highest BCUT2D eigenvalue weighted by Crippen LogP contribution is 2.01. The van der Waals surface area contributed by atoms with E-state index >= 15 is 0 Å². The molecule has 0 aromatic heterocycles. The Hall–Kier alpha value is -0.810. The fourth-order valence-electron chi connectivity index (χ4n) is 1.52. The maximum Gasteiger partial charge on any atom is 0.319 e. The smallest absolute Gasteiger partial charge is 0.319 e. The molecule has 0 radical (unpaired) electrons. The Morgan fingerprint density at radius 2 is 2.06 bits per heavy atom. The van der Waals surface area contributed by atoms with Crippen LogP contribution in [0.5, 0.6) is 0 Å². The van der Waals surface area contributed by atoms with Crippen LogP contribution in [0, 0.1) is 0 Å². The first kappa shape index (κ1) is 13.3. The van der Waals surface area contributed by atoms with E-state index in [9.17, 15) is 4.79 Å². The van der Waals surface area contributed by atoms with Crippen LogP contribution >= 0.6 is 0 Å². The molecule has 94 valence electrons. The molecule has 0 aromatic rings. The lowest BCUT2D eigenvalue weighted by atomic mass is 10.4. The standard InChI is InChI=1S/C11H22N2O3/c1-10(2)16-9-4-12(3)11(14)13-5-7-15-8-6-13/h10H,4-9H2,1-3H3. The number of likely N-dealkylation sites (N-methyl/N-ethyl adjacent to an activating group) is 1. The van der Waals surface area contributed by atoms with Crippen molar-refractivity contribution in [3.8, 4) is 0 Å². The monoisotopic (exact) mass is 230 g/mol. The Morgan fingerprint density at radius 1 is 1.44 bits per heavy atom. The van der Waals surface area contributed by atoms with E-state index in [1.165, 1.54) is 0 Å². The Kier molecular flexibility index (Phi) is 5.55. The van der Waals surface area contributed by atoms with Gasteiger partial charge in [0.05, 0.1) is 25.9 Å². The Balaban J connectivity index is 2.23. The molecule has 0 unspecified atom stereocenters. The van der Waals surface area contributed by atoms with Crippen LogP contribution in [0.3, 0.4) is 0 Å². The van der Waals surface area contributed by atoms with Gasteiger partial charge in [0.1, 0.15) is 0 Å². The predicted molar refractivity (Wildman–Crippen MR) is 61.5 cm³/mol. The molecule has 0 bridgehead atoms. The van der Waals surface area contributed by atoms with Gasteiger partial charge in [-0.1, -0.05) is 0 Å². The minimum absolute atomic E-state index is 0.0654. The minimum Gasteiger partial charge on any atom is -0.378 e. The highest BCUT2D eigenvalue weighted by Gasteiger charge is 2.19. The van der Waals surface area contributed by atoms with Gasteiger partial charge in [-0.3, -0.25) is 0 Å². The lowest BCUT2D eigenvalue weighted by molar-refractivity contribution is 0.0370. The second kappa shape index (κ2) is 6.70. The Labute approximate surface area is 97.3 Å². The van der Waals surface area contributed by atoms with Crippen LogP contribution in [-0.4, -0.2) is 68.4 Å². The van der Waals surface area contributed by atoms with Crippen molar-refractivity contribution in [2.75, 3.05) is 46.5 Å². The highest BCUT2D eigenvalue weighted by molar-refractivity contribution is 5.74. The third kappa shape index (κ3) is 4.37. The van der Waals surface area contributed by atoms with Gasteiger partial charge in [0.2, 0.25) is 0 Å². The molecule has 16 heavy (non-hydrogen) atoms. The van der Waals surface area contributed by atoms with Crippen LogP contribution in [0.25, 0.3) is 0 Å². The summed E-state index contributed by atoms with van der Waals surface area (Å²) in [5.41, 5.74) is 0. The van der Waals surface area contributed by atoms with Gasteiger partial charge in [0.25, 0.3) is 0 Å². The Morgan fingerprint density at radius 3 is 2.62 bits per heavy atom. The topological polar surface area (TPSA) is 42.0 Å². The number of amides is 2. The SMILES string of the molecule is CC(C)OCCN(C)C(=O)N1CCOCC1. The average Bonchev–Trinajstić information content (AvgIpc) is 2.28. The van der Waals surface area contributed by atoms with E-state index in [4.69, 9.17) is 9.47 Å². The molecule has 1 heterocycles. The van der Waals surface area contributed by atoms with Gasteiger partial charge >= 0.3 is 6.03 Å². The zero-order valence-electron chi connectivity index (χ0n) is 10.4. The number of hydrogen-bond acceptors (Lipinski definition) is 3. The van der Waals surface area contributed by atoms with Crippen molar-refractivity contribution in [1.82, 2.24) is 9.80 Å². The molecule has 1 aliphatic rings. The van der Waals surface area contributed by atoms with E-state index in [2.05, 4.69) is 0 Å². The second-order valence-corrected chi connectivity index (χ2v) is 4.22. The van der Waals surface area contributed by atoms with Crippen LogP contribution < -0.4 is 0 Å². The van der Waals surface area contributed by atoms with Crippen molar-refractivity contribution in [3.05, 3.63) is 0 Å². The van der Waals surface area contributed by atoms with Crippen LogP contribution in [0.15, 0.2) is 0 Å². The van der Waals surface area contributed by atoms with Crippen LogP contribution in [0.1, 0.15) is 13.8 Å². The number of morpholine rings is 1. The van der Waals surface area contributed by atoms with Gasteiger partial charge in [0, 0.05) is 26.7 Å². The molecule has 0 aliphatic carbocycles. The molecule has 2 amide bonds. The van der Waals surface area contributed by atoms with E-state index in [0.29, 0.717) is 39.5 Å². The normalized spacial score (nSPS) is 16.6. The third-order valence-electron chi connectivity index (χ3n) is 2.49. The molecule has 0 atom stereocenters. The highest BCUT2D eigenvalue weighted by atomic mass is 16.5. The summed E-state index contributed by atoms with van der Waals surface area (Å²) < 4.78 is 10.6. The molecule has 1 rings (SSSR count). The van der Waals surface area contributed by atoms with Crippen molar-refractivity contribution < 1.29 is 14.3 Å². The lowest BCUT2D eigenvalue weighted by Crippen LogP contribution is -2.47. The van der Waals surface area contributed by atoms with Gasteiger partial charge in [-0.2, -0.15) is 0 Å². The van der Waals surface area contributed by atoms with Crippen LogP contribution in [-0.2, 0) is 9.47 Å². The average molecular weight is 230 g/mol. The van der Waals surface area contributed by atoms with Crippen LogP contribution in [0.4, 0.5) is 4.79 Å². The molecular weight excluding hydrogens is 208 g/mol. The fraction of sp³-hybridized carbons (Fsp3) is 0.909. The molecular formula is C11H22N2O3. The molecule has 5 heteroatoms. The summed E-state index contributed by atoms with van der Waals surface area (Å²) in [6.45, 7) is 7.86. The number of carbonyl (C=O) groups is 1. The summed E-state index contributed by atoms with van der Waals surface area (Å²) in [5.74, 6) is 0. The number of rotatable bonds is 4. The molecule has 0 saturated carbocycles. The summed E-state index contributed by atoms with van der Waals surface area (Å²) in [7, 11) is 1.81. The Bertz CT molecular complexity index is 215. The van der Waals surface area contributed by atoms with Crippen molar-refractivity contribution in [2.24, 2.45) is 0 Å². The first-order chi connectivity index (χ1) is 7.61. The maximum atomic E-state index is 11.9. The van der Waals surface area contributed by atoms with Gasteiger partial charge in [0.15, 0.2) is 0 Å². The fourth-order valence-corrected chi connectivity index (χ4v) is 1.52. The van der Waals surface area contributed by atoms with E-state index in [-0.39, 0.29) is 12.1 Å². The molecule has 1 saturated heterocycles. The van der Waals surface area contributed by atoms with Gasteiger partial charge in [-0.05, 0) is 13.8 Å². The molecule has 0 aromatic carbocycles. The summed E-state index contributed by atoms with van der Waals surface area (Å²) in [4.78, 5) is 15.4. The van der Waals surface area contributed by atoms with Gasteiger partial charge < -0.3 is 19.3 Å². The molecule has 1 fully saturated rings. The number of hydrogen-bond donors (Lipinski definition) is 0. The first-order valence-corrected chi connectivity index (χ1v) is 5.80. The lowest BCUT2D eigenvalue weighted by Gasteiger charge is -2.31. The maximum absolute atomic E-state index is 11.9. The van der Waals surface area contributed by atoms with E-state index in [1.807, 2.05) is 25.8 Å². The molecule has 0 N–H and O–H groups in total. The zero-order valence-corrected chi connectivity index (χ0v) is 10.4. The zero-order chi connectivity index (χ0) is 12.0. The minimum atomic E-state index is 0.0654. The van der Waals surface area contributed by atoms with Gasteiger partial charge in [-0.25, -0.2) is 4.79 Å². The van der Waals surface area contributed by atoms with Gasteiger partial charge in [-0.15, -0.1) is 0 Å². The molecule has 0 spiro atoms. The number of urea groups is 1. The molecule has 5 nitrogen and oxygen atoms in total. The van der Waals surface area contributed by atoms with Crippen molar-refractivity contribution in [3.63, 3.8) is 0 Å². The van der Waals surface area contributed by atoms with Crippen molar-refractivity contribution in [1.29, 1.82) is 0 Å². The number of carbonyl (C=O) groups excluding carboxylic acids is 1. The van der Waals surface area contributed by atoms with E-state index in [0.717, 1.165) is 0 Å². The first-order valence-electron chi connectivity index (χ1n) is 5.80. The largest absolute Gasteiger partial charge is 0.378 e. The van der Waals surface area contributed by atoms with Crippen molar-refractivity contribution in [2.45, 2.75) is 20.0 Å². The molecule has 1 aliphatic heterocycles. The number of nitrogens with zero attached hydrogens (tertiary/aromatic N) is 2. The quantitative estimate of drug-likeness (QED) is 0.717. The summed E-state index contributed by atoms with van der Waals surface area (Å²) in [6, 6.07) is 0.0654. The number of ether oxygens (including phenoxy) is 2.